The van der Waals surface area contributed by atoms with Gasteiger partial charge in [0.15, 0.2) is 0 Å². The van der Waals surface area contributed by atoms with Gasteiger partial charge in [-0.05, 0) is 11.1 Å². The Bertz CT molecular complexity index is 782. The minimum Gasteiger partial charge on any atom is -0.348 e. The fraction of sp³-hybridized carbons (Fsp3) is 0.444. The second kappa shape index (κ2) is 5.69. The third-order valence-electron chi connectivity index (χ3n) is 5.02. The third kappa shape index (κ3) is 2.50. The number of carbonyl (C=O) groups excluding carboxylic acids is 1. The summed E-state index contributed by atoms with van der Waals surface area (Å²) in [4.78, 5) is 12.6. The zero-order chi connectivity index (χ0) is 17.6. The quantitative estimate of drug-likeness (QED) is 0.934. The van der Waals surface area contributed by atoms with Crippen LogP contribution in [0.2, 0.25) is 0 Å². The number of alkyl halides is 2. The molecule has 24 heavy (non-hydrogen) atoms. The smallest absolute Gasteiger partial charge is 0.282 e. The number of amides is 1. The lowest BCUT2D eigenvalue weighted by Crippen LogP contribution is -2.46. The number of halogens is 2. The van der Waals surface area contributed by atoms with Crippen molar-refractivity contribution < 1.29 is 13.6 Å². The highest BCUT2D eigenvalue weighted by Gasteiger charge is 2.45. The Morgan fingerprint density at radius 2 is 2.00 bits per heavy atom. The van der Waals surface area contributed by atoms with Crippen molar-refractivity contribution >= 4 is 5.91 Å². The lowest BCUT2D eigenvalue weighted by molar-refractivity contribution is 0.0902. The summed E-state index contributed by atoms with van der Waals surface area (Å²) in [5.41, 5.74) is 1.55. The minimum atomic E-state index is -2.78. The van der Waals surface area contributed by atoms with Gasteiger partial charge in [-0.2, -0.15) is 5.10 Å². The molecule has 0 saturated carbocycles. The molecule has 0 aliphatic heterocycles. The number of nitrogens with one attached hydrogen (secondary N) is 1. The second-order valence-electron chi connectivity index (χ2n) is 6.95. The molecule has 1 N–H and O–H groups in total. The maximum atomic E-state index is 13.1. The van der Waals surface area contributed by atoms with E-state index in [0.717, 1.165) is 0 Å². The predicted molar refractivity (Wildman–Crippen MR) is 87.3 cm³/mol. The Balaban J connectivity index is 1.91. The van der Waals surface area contributed by atoms with Crippen LogP contribution in [-0.2, 0) is 12.5 Å². The molecule has 4 nitrogen and oxygen atoms in total. The summed E-state index contributed by atoms with van der Waals surface area (Å²) in [6.07, 6.45) is -1.44. The van der Waals surface area contributed by atoms with E-state index in [9.17, 15) is 13.6 Å². The molecular weight excluding hydrogens is 312 g/mol. The Labute approximate surface area is 139 Å². The van der Waals surface area contributed by atoms with Gasteiger partial charge in [-0.1, -0.05) is 45.0 Å². The summed E-state index contributed by atoms with van der Waals surface area (Å²) >= 11 is 0. The number of benzene rings is 1. The standard InChI is InChI=1S/C18H21F2N3O/c1-10-11-7-5-6-8-13(11)18(2,3)15(10)21-17(24)12-9-23(4)22-14(12)16(19)20/h5-10,15-16H,1-4H3,(H,21,24)/t10-,15?/m0/s1. The molecule has 1 heterocycles. The number of nitrogens with zero attached hydrogens (tertiary/aromatic N) is 2. The molecule has 0 radical (unpaired) electrons. The Morgan fingerprint density at radius 1 is 1.33 bits per heavy atom. The topological polar surface area (TPSA) is 46.9 Å². The molecular formula is C18H21F2N3O. The van der Waals surface area contributed by atoms with E-state index in [-0.39, 0.29) is 22.9 Å². The minimum absolute atomic E-state index is 0.0635. The van der Waals surface area contributed by atoms with Crippen LogP contribution < -0.4 is 5.32 Å². The van der Waals surface area contributed by atoms with E-state index in [1.165, 1.54) is 29.1 Å². The SMILES string of the molecule is C[C@H]1c2ccccc2C(C)(C)C1NC(=O)c1cn(C)nc1C(F)F. The summed E-state index contributed by atoms with van der Waals surface area (Å²) in [5, 5.41) is 6.67. The van der Waals surface area contributed by atoms with Gasteiger partial charge in [-0.25, -0.2) is 8.78 Å². The molecule has 0 fully saturated rings. The van der Waals surface area contributed by atoms with Gasteiger partial charge in [0, 0.05) is 30.6 Å². The highest BCUT2D eigenvalue weighted by Crippen LogP contribution is 2.45. The molecule has 2 atom stereocenters. The van der Waals surface area contributed by atoms with Gasteiger partial charge >= 0.3 is 0 Å². The molecule has 2 aromatic rings. The van der Waals surface area contributed by atoms with Gasteiger partial charge in [-0.15, -0.1) is 0 Å². The second-order valence-corrected chi connectivity index (χ2v) is 6.95. The fourth-order valence-corrected chi connectivity index (χ4v) is 3.82. The third-order valence-corrected chi connectivity index (χ3v) is 5.02. The van der Waals surface area contributed by atoms with Crippen molar-refractivity contribution in [3.05, 3.63) is 52.8 Å². The average molecular weight is 333 g/mol. The Morgan fingerprint density at radius 3 is 2.62 bits per heavy atom. The van der Waals surface area contributed by atoms with Crippen molar-refractivity contribution in [3.8, 4) is 0 Å². The fourth-order valence-electron chi connectivity index (χ4n) is 3.82. The van der Waals surface area contributed by atoms with E-state index in [1.807, 2.05) is 12.1 Å². The summed E-state index contributed by atoms with van der Waals surface area (Å²) in [6.45, 7) is 6.19. The molecule has 1 unspecified atom stereocenters. The van der Waals surface area contributed by atoms with Crippen molar-refractivity contribution in [2.75, 3.05) is 0 Å². The number of carbonyl (C=O) groups is 1. The molecule has 128 valence electrons. The van der Waals surface area contributed by atoms with E-state index in [0.29, 0.717) is 0 Å². The van der Waals surface area contributed by atoms with Crippen LogP contribution in [0.25, 0.3) is 0 Å². The highest BCUT2D eigenvalue weighted by atomic mass is 19.3. The summed E-state index contributed by atoms with van der Waals surface area (Å²) in [5.74, 6) is -0.400. The molecule has 0 spiro atoms. The monoisotopic (exact) mass is 333 g/mol. The van der Waals surface area contributed by atoms with Crippen molar-refractivity contribution in [1.82, 2.24) is 15.1 Å². The molecule has 1 aromatic carbocycles. The summed E-state index contributed by atoms with van der Waals surface area (Å²) in [7, 11) is 1.53. The molecule has 1 aromatic heterocycles. The lowest BCUT2D eigenvalue weighted by atomic mass is 9.81. The normalized spacial score (nSPS) is 21.8. The first-order valence-electron chi connectivity index (χ1n) is 7.95. The van der Waals surface area contributed by atoms with Gasteiger partial charge in [-0.3, -0.25) is 9.48 Å². The molecule has 0 saturated heterocycles. The maximum Gasteiger partial charge on any atom is 0.282 e. The van der Waals surface area contributed by atoms with Gasteiger partial charge in [0.25, 0.3) is 12.3 Å². The van der Waals surface area contributed by atoms with Crippen LogP contribution in [0.4, 0.5) is 8.78 Å². The van der Waals surface area contributed by atoms with Gasteiger partial charge < -0.3 is 5.32 Å². The maximum absolute atomic E-state index is 13.1. The van der Waals surface area contributed by atoms with E-state index in [4.69, 9.17) is 0 Å². The molecule has 3 rings (SSSR count). The van der Waals surface area contributed by atoms with E-state index < -0.39 is 18.0 Å². The molecule has 1 aliphatic carbocycles. The van der Waals surface area contributed by atoms with Crippen molar-refractivity contribution in [3.63, 3.8) is 0 Å². The van der Waals surface area contributed by atoms with Gasteiger partial charge in [0.1, 0.15) is 5.69 Å². The molecule has 6 heteroatoms. The lowest BCUT2D eigenvalue weighted by Gasteiger charge is -2.31. The average Bonchev–Trinajstić information content (AvgIpc) is 3.01. The first kappa shape index (κ1) is 16.6. The summed E-state index contributed by atoms with van der Waals surface area (Å²) < 4.78 is 27.4. The van der Waals surface area contributed by atoms with E-state index in [2.05, 4.69) is 43.3 Å². The van der Waals surface area contributed by atoms with Crippen LogP contribution in [-0.4, -0.2) is 21.7 Å². The van der Waals surface area contributed by atoms with Gasteiger partial charge in [0.2, 0.25) is 0 Å². The van der Waals surface area contributed by atoms with Crippen LogP contribution in [0.1, 0.15) is 60.3 Å². The van der Waals surface area contributed by atoms with Crippen molar-refractivity contribution in [2.24, 2.45) is 7.05 Å². The summed E-state index contributed by atoms with van der Waals surface area (Å²) in [6, 6.07) is 7.90. The molecule has 0 bridgehead atoms. The predicted octanol–water partition coefficient (Wildman–Crippen LogP) is 3.55. The number of rotatable bonds is 3. The number of aromatic nitrogens is 2. The zero-order valence-corrected chi connectivity index (χ0v) is 14.2. The number of aryl methyl sites for hydroxylation is 1. The largest absolute Gasteiger partial charge is 0.348 e. The Kier molecular flexibility index (Phi) is 3.94. The Hall–Kier alpha value is -2.24. The number of hydrogen-bond donors (Lipinski definition) is 1. The molecule has 1 amide bonds. The number of hydrogen-bond acceptors (Lipinski definition) is 2. The van der Waals surface area contributed by atoms with Gasteiger partial charge in [0.05, 0.1) is 5.56 Å². The van der Waals surface area contributed by atoms with Crippen LogP contribution in [0.5, 0.6) is 0 Å². The first-order chi connectivity index (χ1) is 11.2. The zero-order valence-electron chi connectivity index (χ0n) is 14.2. The van der Waals surface area contributed by atoms with E-state index >= 15 is 0 Å². The van der Waals surface area contributed by atoms with Crippen molar-refractivity contribution in [1.29, 1.82) is 0 Å². The molecule has 1 aliphatic rings. The van der Waals surface area contributed by atoms with Crippen LogP contribution in [0.15, 0.2) is 30.5 Å². The number of fused-ring (bicyclic) bond motifs is 1. The van der Waals surface area contributed by atoms with E-state index in [1.54, 1.807) is 0 Å². The van der Waals surface area contributed by atoms with Crippen LogP contribution >= 0.6 is 0 Å². The van der Waals surface area contributed by atoms with Crippen molar-refractivity contribution in [2.45, 2.75) is 44.6 Å². The highest BCUT2D eigenvalue weighted by molar-refractivity contribution is 5.95. The van der Waals surface area contributed by atoms with Crippen LogP contribution in [0, 0.1) is 0 Å². The van der Waals surface area contributed by atoms with Crippen LogP contribution in [0.3, 0.4) is 0 Å². The first-order valence-corrected chi connectivity index (χ1v) is 7.95.